The molecule has 5 heteroatoms. The molecule has 1 fully saturated rings. The van der Waals surface area contributed by atoms with E-state index >= 15 is 0 Å². The molecule has 1 heterocycles. The first-order chi connectivity index (χ1) is 8.15. The predicted molar refractivity (Wildman–Crippen MR) is 63.8 cm³/mol. The van der Waals surface area contributed by atoms with Crippen LogP contribution in [0.2, 0.25) is 5.02 Å². The average Bonchev–Trinajstić information content (AvgIpc) is 3.00. The molecule has 1 aliphatic rings. The highest BCUT2D eigenvalue weighted by Gasteiger charge is 2.24. The Morgan fingerprint density at radius 1 is 1.47 bits per heavy atom. The Kier molecular flexibility index (Phi) is 2.33. The Morgan fingerprint density at radius 2 is 2.24 bits per heavy atom. The quantitative estimate of drug-likeness (QED) is 0.848. The number of aromatic nitrogens is 1. The van der Waals surface area contributed by atoms with Crippen molar-refractivity contribution in [3.05, 3.63) is 34.7 Å². The fourth-order valence-corrected chi connectivity index (χ4v) is 1.97. The Morgan fingerprint density at radius 3 is 2.94 bits per heavy atom. The number of H-pyrrole nitrogens is 1. The van der Waals surface area contributed by atoms with Gasteiger partial charge >= 0.3 is 0 Å². The summed E-state index contributed by atoms with van der Waals surface area (Å²) >= 11 is 5.84. The summed E-state index contributed by atoms with van der Waals surface area (Å²) in [5.74, 6) is -0.646. The van der Waals surface area contributed by atoms with Crippen LogP contribution >= 0.6 is 11.6 Å². The number of nitrogens with one attached hydrogen (secondary N) is 2. The molecule has 0 atom stereocenters. The monoisotopic (exact) mass is 252 g/mol. The predicted octanol–water partition coefficient (Wildman–Crippen LogP) is 2.85. The van der Waals surface area contributed by atoms with Crippen molar-refractivity contribution in [2.24, 2.45) is 0 Å². The average molecular weight is 253 g/mol. The molecule has 0 bridgehead atoms. The minimum atomic E-state index is -0.479. The van der Waals surface area contributed by atoms with E-state index in [1.54, 1.807) is 12.1 Å². The second-order valence-corrected chi connectivity index (χ2v) is 4.63. The van der Waals surface area contributed by atoms with Gasteiger partial charge in [-0.05, 0) is 31.0 Å². The zero-order valence-electron chi connectivity index (χ0n) is 8.89. The van der Waals surface area contributed by atoms with Gasteiger partial charge in [0.2, 0.25) is 0 Å². The van der Waals surface area contributed by atoms with Crippen LogP contribution in [0.1, 0.15) is 23.3 Å². The number of carbonyl (C=O) groups is 1. The van der Waals surface area contributed by atoms with Gasteiger partial charge in [0.15, 0.2) is 0 Å². The highest BCUT2D eigenvalue weighted by Crippen LogP contribution is 2.27. The first-order valence-electron chi connectivity index (χ1n) is 5.43. The number of fused-ring (bicyclic) bond motifs is 1. The van der Waals surface area contributed by atoms with Gasteiger partial charge in [0.25, 0.3) is 5.91 Å². The number of carbonyl (C=O) groups excluding carboxylic acids is 1. The van der Waals surface area contributed by atoms with E-state index in [-0.39, 0.29) is 10.9 Å². The van der Waals surface area contributed by atoms with Crippen LogP contribution in [0.4, 0.5) is 4.39 Å². The highest BCUT2D eigenvalue weighted by molar-refractivity contribution is 6.35. The molecule has 17 heavy (non-hydrogen) atoms. The maximum atomic E-state index is 13.2. The topological polar surface area (TPSA) is 44.9 Å². The van der Waals surface area contributed by atoms with E-state index < -0.39 is 5.82 Å². The molecule has 1 aromatic heterocycles. The Labute approximate surface area is 102 Å². The summed E-state index contributed by atoms with van der Waals surface area (Å²) in [4.78, 5) is 14.7. The second kappa shape index (κ2) is 3.74. The van der Waals surface area contributed by atoms with Crippen molar-refractivity contribution in [3.8, 4) is 0 Å². The lowest BCUT2D eigenvalue weighted by atomic mass is 10.2. The SMILES string of the molecule is O=C(NC1CC1)c1cc2c(Cl)c(F)ccc2[nH]1. The molecule has 1 aromatic carbocycles. The summed E-state index contributed by atoms with van der Waals surface area (Å²) in [5.41, 5.74) is 1.08. The lowest BCUT2D eigenvalue weighted by molar-refractivity contribution is 0.0947. The van der Waals surface area contributed by atoms with Crippen LogP contribution in [-0.4, -0.2) is 16.9 Å². The molecule has 0 unspecified atom stereocenters. The van der Waals surface area contributed by atoms with Crippen LogP contribution in [0, 0.1) is 5.82 Å². The van der Waals surface area contributed by atoms with Gasteiger partial charge in [-0.15, -0.1) is 0 Å². The van der Waals surface area contributed by atoms with Crippen LogP contribution in [0.3, 0.4) is 0 Å². The molecule has 3 nitrogen and oxygen atoms in total. The first-order valence-corrected chi connectivity index (χ1v) is 5.80. The molecule has 1 saturated carbocycles. The number of aromatic amines is 1. The molecule has 88 valence electrons. The van der Waals surface area contributed by atoms with Crippen LogP contribution in [-0.2, 0) is 0 Å². The molecule has 0 spiro atoms. The molecule has 3 rings (SSSR count). The fourth-order valence-electron chi connectivity index (χ4n) is 1.76. The zero-order chi connectivity index (χ0) is 12.0. The Bertz CT molecular complexity index is 604. The summed E-state index contributed by atoms with van der Waals surface area (Å²) in [6.45, 7) is 0. The van der Waals surface area contributed by atoms with E-state index in [0.717, 1.165) is 12.8 Å². The molecule has 0 aliphatic heterocycles. The van der Waals surface area contributed by atoms with Crippen LogP contribution in [0.15, 0.2) is 18.2 Å². The summed E-state index contributed by atoms with van der Waals surface area (Å²) in [7, 11) is 0. The lowest BCUT2D eigenvalue weighted by Gasteiger charge is -1.98. The molecule has 2 N–H and O–H groups in total. The molecule has 0 radical (unpaired) electrons. The number of rotatable bonds is 2. The van der Waals surface area contributed by atoms with Crippen molar-refractivity contribution >= 4 is 28.4 Å². The summed E-state index contributed by atoms with van der Waals surface area (Å²) in [5, 5.41) is 3.44. The number of halogens is 2. The van der Waals surface area contributed by atoms with Gasteiger partial charge in [0, 0.05) is 16.9 Å². The summed E-state index contributed by atoms with van der Waals surface area (Å²) in [6, 6.07) is 4.73. The third-order valence-electron chi connectivity index (χ3n) is 2.85. The number of benzene rings is 1. The maximum absolute atomic E-state index is 13.2. The van der Waals surface area contributed by atoms with Crippen molar-refractivity contribution in [1.82, 2.24) is 10.3 Å². The normalized spacial score (nSPS) is 15.2. The minimum absolute atomic E-state index is 0.0456. The third-order valence-corrected chi connectivity index (χ3v) is 3.23. The van der Waals surface area contributed by atoms with Crippen LogP contribution in [0.25, 0.3) is 10.9 Å². The van der Waals surface area contributed by atoms with Crippen LogP contribution < -0.4 is 5.32 Å². The molecular weight excluding hydrogens is 243 g/mol. The van der Waals surface area contributed by atoms with E-state index in [9.17, 15) is 9.18 Å². The van der Waals surface area contributed by atoms with Crippen LogP contribution in [0.5, 0.6) is 0 Å². The summed E-state index contributed by atoms with van der Waals surface area (Å²) < 4.78 is 13.2. The molecule has 1 aliphatic carbocycles. The number of hydrogen-bond donors (Lipinski definition) is 2. The zero-order valence-corrected chi connectivity index (χ0v) is 9.64. The van der Waals surface area contributed by atoms with Crippen molar-refractivity contribution in [1.29, 1.82) is 0 Å². The van der Waals surface area contributed by atoms with E-state index in [4.69, 9.17) is 11.6 Å². The highest BCUT2D eigenvalue weighted by atomic mass is 35.5. The first kappa shape index (κ1) is 10.6. The van der Waals surface area contributed by atoms with Gasteiger partial charge in [-0.1, -0.05) is 11.6 Å². The van der Waals surface area contributed by atoms with Crippen molar-refractivity contribution in [2.45, 2.75) is 18.9 Å². The van der Waals surface area contributed by atoms with E-state index in [1.165, 1.54) is 6.07 Å². The third kappa shape index (κ3) is 1.89. The standard InChI is InChI=1S/C12H10ClFN2O/c13-11-7-5-10(12(17)15-6-1-2-6)16-9(7)4-3-8(11)14/h3-6,16H,1-2H2,(H,15,17). The van der Waals surface area contributed by atoms with E-state index in [2.05, 4.69) is 10.3 Å². The van der Waals surface area contributed by atoms with Gasteiger partial charge in [-0.2, -0.15) is 0 Å². The number of hydrogen-bond acceptors (Lipinski definition) is 1. The van der Waals surface area contributed by atoms with Gasteiger partial charge in [-0.3, -0.25) is 4.79 Å². The molecule has 0 saturated heterocycles. The molecule has 2 aromatic rings. The van der Waals surface area contributed by atoms with Gasteiger partial charge < -0.3 is 10.3 Å². The Hall–Kier alpha value is -1.55. The second-order valence-electron chi connectivity index (χ2n) is 4.25. The lowest BCUT2D eigenvalue weighted by Crippen LogP contribution is -2.25. The van der Waals surface area contributed by atoms with Crippen molar-refractivity contribution < 1.29 is 9.18 Å². The smallest absolute Gasteiger partial charge is 0.267 e. The van der Waals surface area contributed by atoms with Crippen molar-refractivity contribution in [3.63, 3.8) is 0 Å². The summed E-state index contributed by atoms with van der Waals surface area (Å²) in [6.07, 6.45) is 2.06. The fraction of sp³-hybridized carbons (Fsp3) is 0.250. The molecular formula is C12H10ClFN2O. The van der Waals surface area contributed by atoms with E-state index in [1.807, 2.05) is 0 Å². The van der Waals surface area contributed by atoms with Crippen molar-refractivity contribution in [2.75, 3.05) is 0 Å². The van der Waals surface area contributed by atoms with Gasteiger partial charge in [-0.25, -0.2) is 4.39 Å². The molecule has 1 amide bonds. The minimum Gasteiger partial charge on any atom is -0.350 e. The largest absolute Gasteiger partial charge is 0.350 e. The van der Waals surface area contributed by atoms with E-state index in [0.29, 0.717) is 22.6 Å². The maximum Gasteiger partial charge on any atom is 0.267 e. The number of amides is 1. The van der Waals surface area contributed by atoms with Gasteiger partial charge in [0.05, 0.1) is 5.02 Å². The van der Waals surface area contributed by atoms with Gasteiger partial charge in [0.1, 0.15) is 11.5 Å². The Balaban J connectivity index is 2.00.